The Bertz CT molecular complexity index is 1330. The molecule has 0 spiro atoms. The lowest BCUT2D eigenvalue weighted by molar-refractivity contribution is -0.271. The number of carbonyl (C=O) groups is 1. The zero-order valence-corrected chi connectivity index (χ0v) is 16.9. The van der Waals surface area contributed by atoms with Crippen LogP contribution < -0.4 is 10.2 Å². The smallest absolute Gasteiger partial charge is 0.335 e. The number of ether oxygens (including phenoxy) is 2. The second-order valence-electron chi connectivity index (χ2n) is 7.48. The van der Waals surface area contributed by atoms with E-state index in [2.05, 4.69) is 0 Å². The number of phenolic OH excluding ortho intramolecular Hbond substituents is 3. The van der Waals surface area contributed by atoms with Crippen molar-refractivity contribution in [2.24, 2.45) is 0 Å². The van der Waals surface area contributed by atoms with Crippen LogP contribution in [0.3, 0.4) is 0 Å². The van der Waals surface area contributed by atoms with Crippen molar-refractivity contribution >= 4 is 16.9 Å². The first-order valence-corrected chi connectivity index (χ1v) is 9.64. The van der Waals surface area contributed by atoms with E-state index < -0.39 is 76.2 Å². The zero-order chi connectivity index (χ0) is 24.9. The molecule has 5 atom stereocenters. The number of fused-ring (bicyclic) bond motifs is 1. The van der Waals surface area contributed by atoms with Crippen molar-refractivity contribution in [2.75, 3.05) is 0 Å². The Morgan fingerprint density at radius 3 is 2.24 bits per heavy atom. The van der Waals surface area contributed by atoms with Gasteiger partial charge < -0.3 is 54.7 Å². The summed E-state index contributed by atoms with van der Waals surface area (Å²) in [5.41, 5.74) is -1.35. The van der Waals surface area contributed by atoms with Gasteiger partial charge in [-0.3, -0.25) is 4.79 Å². The first-order chi connectivity index (χ1) is 16.0. The molecule has 0 saturated carbocycles. The van der Waals surface area contributed by atoms with E-state index >= 15 is 0 Å². The predicted octanol–water partition coefficient (Wildman–Crippen LogP) is -0.447. The highest BCUT2D eigenvalue weighted by Crippen LogP contribution is 2.38. The summed E-state index contributed by atoms with van der Waals surface area (Å²) >= 11 is 0. The number of aliphatic hydroxyl groups is 3. The molecule has 0 bridgehead atoms. The Labute approximate surface area is 188 Å². The third kappa shape index (κ3) is 3.82. The lowest BCUT2D eigenvalue weighted by Gasteiger charge is -2.38. The lowest BCUT2D eigenvalue weighted by atomic mass is 9.99. The number of aliphatic hydroxyl groups excluding tert-OH is 3. The standard InChI is InChI=1S/C21H18O13/c22-8-2-1-6(3-9(8)23)18-15(27)13(25)12-10(24)4-7(5-11(12)33-18)32-21-17(29)14(26)16(28)19(34-21)20(30)31/h1-5,14,16-17,19,21-24,26-29H,(H,30,31)/t14-,16-,17+,19-,21?/m0/s1. The van der Waals surface area contributed by atoms with Crippen molar-refractivity contribution in [2.45, 2.75) is 30.7 Å². The van der Waals surface area contributed by atoms with Crippen LogP contribution in [0, 0.1) is 0 Å². The van der Waals surface area contributed by atoms with Crippen molar-refractivity contribution in [3.05, 3.63) is 40.6 Å². The van der Waals surface area contributed by atoms with Crippen molar-refractivity contribution in [3.8, 4) is 40.1 Å². The van der Waals surface area contributed by atoms with E-state index in [-0.39, 0.29) is 16.9 Å². The van der Waals surface area contributed by atoms with E-state index in [0.717, 1.165) is 24.3 Å². The van der Waals surface area contributed by atoms with Gasteiger partial charge in [0.05, 0.1) is 0 Å². The van der Waals surface area contributed by atoms with Crippen molar-refractivity contribution in [1.82, 2.24) is 0 Å². The molecule has 13 heteroatoms. The van der Waals surface area contributed by atoms with Gasteiger partial charge in [0.1, 0.15) is 40.8 Å². The van der Waals surface area contributed by atoms with E-state index in [1.807, 2.05) is 0 Å². The molecule has 1 unspecified atom stereocenters. The van der Waals surface area contributed by atoms with Crippen LogP contribution in [0.4, 0.5) is 0 Å². The lowest BCUT2D eigenvalue weighted by Crippen LogP contribution is -2.61. The second kappa shape index (κ2) is 8.39. The summed E-state index contributed by atoms with van der Waals surface area (Å²) in [4.78, 5) is 23.9. The van der Waals surface area contributed by atoms with E-state index in [1.54, 1.807) is 0 Å². The summed E-state index contributed by atoms with van der Waals surface area (Å²) in [6.07, 6.45) is -9.49. The van der Waals surface area contributed by atoms with Crippen LogP contribution in [0.15, 0.2) is 39.5 Å². The van der Waals surface area contributed by atoms with Crippen LogP contribution in [0.5, 0.6) is 28.7 Å². The Kier molecular flexibility index (Phi) is 5.70. The molecule has 3 aromatic rings. The van der Waals surface area contributed by atoms with Gasteiger partial charge in [-0.05, 0) is 18.2 Å². The average Bonchev–Trinajstić information content (AvgIpc) is 2.78. The number of carboxylic acid groups (broad SMARTS) is 1. The van der Waals surface area contributed by atoms with E-state index in [4.69, 9.17) is 19.0 Å². The monoisotopic (exact) mass is 478 g/mol. The summed E-state index contributed by atoms with van der Waals surface area (Å²) in [6.45, 7) is 0. The van der Waals surface area contributed by atoms with Gasteiger partial charge in [-0.15, -0.1) is 0 Å². The molecule has 2 heterocycles. The number of phenols is 3. The molecule has 2 aromatic carbocycles. The van der Waals surface area contributed by atoms with Crippen molar-refractivity contribution < 1.29 is 59.5 Å². The van der Waals surface area contributed by atoms with Gasteiger partial charge in [-0.2, -0.15) is 0 Å². The molecule has 180 valence electrons. The number of aliphatic carboxylic acids is 1. The van der Waals surface area contributed by atoms with Gasteiger partial charge >= 0.3 is 5.97 Å². The zero-order valence-electron chi connectivity index (χ0n) is 16.9. The summed E-state index contributed by atoms with van der Waals surface area (Å²) in [6, 6.07) is 5.30. The van der Waals surface area contributed by atoms with Crippen LogP contribution >= 0.6 is 0 Å². The summed E-state index contributed by atoms with van der Waals surface area (Å²) < 4.78 is 15.9. The number of hydrogen-bond acceptors (Lipinski definition) is 12. The number of benzene rings is 2. The van der Waals surface area contributed by atoms with Crippen LogP contribution in [0.1, 0.15) is 0 Å². The van der Waals surface area contributed by atoms with Crippen LogP contribution in [0.2, 0.25) is 0 Å². The van der Waals surface area contributed by atoms with Crippen molar-refractivity contribution in [3.63, 3.8) is 0 Å². The van der Waals surface area contributed by atoms with E-state index in [1.165, 1.54) is 6.07 Å². The minimum atomic E-state index is -1.94. The fourth-order valence-corrected chi connectivity index (χ4v) is 3.48. The minimum Gasteiger partial charge on any atom is -0.507 e. The van der Waals surface area contributed by atoms with Gasteiger partial charge in [-0.1, -0.05) is 0 Å². The fourth-order valence-electron chi connectivity index (χ4n) is 3.48. The Morgan fingerprint density at radius 1 is 0.882 bits per heavy atom. The van der Waals surface area contributed by atoms with Crippen molar-refractivity contribution in [1.29, 1.82) is 0 Å². The number of hydrogen-bond donors (Lipinski definition) is 8. The molecule has 1 aliphatic heterocycles. The topological polar surface area (TPSA) is 228 Å². The molecule has 8 N–H and O–H groups in total. The predicted molar refractivity (Wildman–Crippen MR) is 110 cm³/mol. The molecule has 4 rings (SSSR count). The van der Waals surface area contributed by atoms with Gasteiger partial charge in [-0.25, -0.2) is 4.79 Å². The fraction of sp³-hybridized carbons (Fsp3) is 0.238. The van der Waals surface area contributed by atoms with Crippen LogP contribution in [0.25, 0.3) is 22.3 Å². The van der Waals surface area contributed by atoms with Crippen LogP contribution in [-0.2, 0) is 9.53 Å². The van der Waals surface area contributed by atoms with E-state index in [0.29, 0.717) is 0 Å². The average molecular weight is 478 g/mol. The molecule has 0 aliphatic carbocycles. The molecule has 1 aromatic heterocycles. The first-order valence-electron chi connectivity index (χ1n) is 9.64. The Balaban J connectivity index is 1.77. The second-order valence-corrected chi connectivity index (χ2v) is 7.48. The first kappa shape index (κ1) is 23.1. The molecule has 1 saturated heterocycles. The maximum absolute atomic E-state index is 12.6. The molecule has 1 aliphatic rings. The van der Waals surface area contributed by atoms with Gasteiger partial charge in [0, 0.05) is 17.7 Å². The highest BCUT2D eigenvalue weighted by atomic mass is 16.7. The Morgan fingerprint density at radius 2 is 1.59 bits per heavy atom. The minimum absolute atomic E-state index is 0.00468. The molecular weight excluding hydrogens is 460 g/mol. The van der Waals surface area contributed by atoms with Gasteiger partial charge in [0.25, 0.3) is 0 Å². The highest BCUT2D eigenvalue weighted by Gasteiger charge is 2.48. The maximum atomic E-state index is 12.6. The number of carboxylic acids is 1. The molecule has 0 amide bonds. The highest BCUT2D eigenvalue weighted by molar-refractivity contribution is 5.88. The van der Waals surface area contributed by atoms with Gasteiger partial charge in [0.15, 0.2) is 23.4 Å². The number of aromatic hydroxyl groups is 4. The largest absolute Gasteiger partial charge is 0.507 e. The van der Waals surface area contributed by atoms with Crippen LogP contribution in [-0.4, -0.2) is 77.5 Å². The molecule has 13 nitrogen and oxygen atoms in total. The summed E-state index contributed by atoms with van der Waals surface area (Å²) in [5.74, 6) is -4.96. The normalized spacial score (nSPS) is 24.7. The van der Waals surface area contributed by atoms with Gasteiger partial charge in [0.2, 0.25) is 17.5 Å². The molecular formula is C21H18O13. The molecule has 1 fully saturated rings. The molecule has 0 radical (unpaired) electrons. The maximum Gasteiger partial charge on any atom is 0.335 e. The summed E-state index contributed by atoms with van der Waals surface area (Å²) in [7, 11) is 0. The SMILES string of the molecule is O=C(O)[C@H]1OC(Oc2cc(O)c3c(=O)c(O)c(-c4ccc(O)c(O)c4)oc3c2)[C@H](O)[C@@H](O)[C@@H]1O. The molecule has 34 heavy (non-hydrogen) atoms. The quantitative estimate of drug-likeness (QED) is 0.223. The van der Waals surface area contributed by atoms with E-state index in [9.17, 15) is 45.3 Å². The number of rotatable bonds is 4. The summed E-state index contributed by atoms with van der Waals surface area (Å²) in [5, 5.41) is 78.2. The third-order valence-corrected chi connectivity index (χ3v) is 5.23. The third-order valence-electron chi connectivity index (χ3n) is 5.23. The Hall–Kier alpha value is -4.04.